The van der Waals surface area contributed by atoms with Crippen LogP contribution in [0.25, 0.3) is 0 Å². The molecule has 8 nitrogen and oxygen atoms in total. The van der Waals surface area contributed by atoms with Crippen LogP contribution in [0.3, 0.4) is 0 Å². The van der Waals surface area contributed by atoms with Crippen LogP contribution in [0.15, 0.2) is 48.8 Å². The molecular weight excluding hydrogens is 408 g/mol. The van der Waals surface area contributed by atoms with Crippen molar-refractivity contribution in [2.75, 3.05) is 44.7 Å². The summed E-state index contributed by atoms with van der Waals surface area (Å²) in [5.41, 5.74) is 1.90. The van der Waals surface area contributed by atoms with Gasteiger partial charge in [-0.15, -0.1) is 0 Å². The average molecular weight is 437 g/mol. The van der Waals surface area contributed by atoms with Crippen molar-refractivity contribution in [1.82, 2.24) is 14.8 Å². The normalized spacial score (nSPS) is 23.1. The fourth-order valence-electron chi connectivity index (χ4n) is 4.50. The van der Waals surface area contributed by atoms with Gasteiger partial charge in [0, 0.05) is 56.7 Å². The lowest BCUT2D eigenvalue weighted by molar-refractivity contribution is -0.134. The highest BCUT2D eigenvalue weighted by Gasteiger charge is 2.34. The van der Waals surface area contributed by atoms with Gasteiger partial charge in [0.1, 0.15) is 11.9 Å². The lowest BCUT2D eigenvalue weighted by Gasteiger charge is -2.39. The summed E-state index contributed by atoms with van der Waals surface area (Å²) >= 11 is 0. The maximum atomic E-state index is 12.5. The van der Waals surface area contributed by atoms with Gasteiger partial charge in [0.2, 0.25) is 5.91 Å². The monoisotopic (exact) mass is 436 g/mol. The van der Waals surface area contributed by atoms with E-state index in [-0.39, 0.29) is 24.0 Å². The minimum Gasteiger partial charge on any atom is -0.489 e. The number of hydrogen-bond acceptors (Lipinski definition) is 5. The summed E-state index contributed by atoms with van der Waals surface area (Å²) in [6.07, 6.45) is 5.25. The minimum absolute atomic E-state index is 0.00249. The van der Waals surface area contributed by atoms with E-state index in [2.05, 4.69) is 10.3 Å². The number of aromatic nitrogens is 1. The number of rotatable bonds is 5. The van der Waals surface area contributed by atoms with Gasteiger partial charge in [-0.25, -0.2) is 4.79 Å². The van der Waals surface area contributed by atoms with E-state index in [1.165, 1.54) is 5.56 Å². The molecule has 3 aliphatic rings. The Bertz CT molecular complexity index is 940. The Kier molecular flexibility index (Phi) is 5.94. The summed E-state index contributed by atoms with van der Waals surface area (Å²) in [5, 5.41) is 2.94. The Balaban J connectivity index is 1.07. The molecule has 0 bridgehead atoms. The molecule has 0 spiro atoms. The molecule has 2 atom stereocenters. The maximum Gasteiger partial charge on any atom is 0.321 e. The van der Waals surface area contributed by atoms with Gasteiger partial charge < -0.3 is 24.6 Å². The van der Waals surface area contributed by atoms with Crippen LogP contribution in [0.4, 0.5) is 10.5 Å². The Hall–Kier alpha value is -3.13. The summed E-state index contributed by atoms with van der Waals surface area (Å²) in [5.74, 6) is 1.28. The van der Waals surface area contributed by atoms with Gasteiger partial charge in [-0.05, 0) is 42.3 Å². The second-order valence-electron chi connectivity index (χ2n) is 8.72. The number of urea groups is 1. The summed E-state index contributed by atoms with van der Waals surface area (Å²) in [7, 11) is 0. The summed E-state index contributed by atoms with van der Waals surface area (Å²) in [4.78, 5) is 32.8. The number of pyridine rings is 1. The number of likely N-dealkylation sites (tertiary alicyclic amines) is 2. The van der Waals surface area contributed by atoms with Crippen molar-refractivity contribution in [2.24, 2.45) is 5.92 Å². The number of nitrogens with one attached hydrogen (secondary N) is 1. The van der Waals surface area contributed by atoms with Crippen LogP contribution >= 0.6 is 0 Å². The van der Waals surface area contributed by atoms with Crippen LogP contribution in [0.2, 0.25) is 0 Å². The van der Waals surface area contributed by atoms with Gasteiger partial charge >= 0.3 is 6.03 Å². The van der Waals surface area contributed by atoms with Crippen molar-refractivity contribution in [1.29, 1.82) is 0 Å². The quantitative estimate of drug-likeness (QED) is 0.779. The summed E-state index contributed by atoms with van der Waals surface area (Å²) in [6.45, 7) is 3.95. The molecule has 8 heteroatoms. The molecule has 0 radical (unpaired) electrons. The van der Waals surface area contributed by atoms with E-state index >= 15 is 0 Å². The fraction of sp³-hybridized carbons (Fsp3) is 0.458. The zero-order valence-electron chi connectivity index (χ0n) is 18.0. The molecule has 32 heavy (non-hydrogen) atoms. The van der Waals surface area contributed by atoms with Gasteiger partial charge in [0.25, 0.3) is 0 Å². The minimum atomic E-state index is -0.0975. The molecule has 0 aliphatic carbocycles. The molecule has 2 unspecified atom stereocenters. The van der Waals surface area contributed by atoms with Crippen molar-refractivity contribution in [3.8, 4) is 5.75 Å². The predicted octanol–water partition coefficient (Wildman–Crippen LogP) is 2.73. The Morgan fingerprint density at radius 1 is 1.06 bits per heavy atom. The van der Waals surface area contributed by atoms with Crippen LogP contribution < -0.4 is 10.1 Å². The zero-order valence-corrected chi connectivity index (χ0v) is 18.0. The molecule has 1 N–H and O–H groups in total. The van der Waals surface area contributed by atoms with E-state index in [9.17, 15) is 9.59 Å². The molecule has 3 aliphatic heterocycles. The molecular formula is C24H28N4O4. The second-order valence-corrected chi connectivity index (χ2v) is 8.72. The molecule has 0 saturated carbocycles. The molecule has 1 aromatic carbocycles. The first-order valence-corrected chi connectivity index (χ1v) is 11.2. The summed E-state index contributed by atoms with van der Waals surface area (Å²) < 4.78 is 11.4. The van der Waals surface area contributed by atoms with Crippen LogP contribution in [0.1, 0.15) is 24.3 Å². The van der Waals surface area contributed by atoms with Crippen molar-refractivity contribution >= 4 is 17.6 Å². The molecule has 2 aromatic rings. The van der Waals surface area contributed by atoms with Crippen molar-refractivity contribution in [3.05, 3.63) is 54.4 Å². The largest absolute Gasteiger partial charge is 0.489 e. The summed E-state index contributed by atoms with van der Waals surface area (Å²) in [6, 6.07) is 11.3. The number of carbonyl (C=O) groups excluding carboxylic acids is 2. The van der Waals surface area contributed by atoms with Crippen LogP contribution in [-0.2, 0) is 9.53 Å². The first-order valence-electron chi connectivity index (χ1n) is 11.2. The van der Waals surface area contributed by atoms with Crippen LogP contribution in [0.5, 0.6) is 5.75 Å². The fourth-order valence-corrected chi connectivity index (χ4v) is 4.50. The third-order valence-electron chi connectivity index (χ3n) is 6.47. The lowest BCUT2D eigenvalue weighted by atomic mass is 9.93. The highest BCUT2D eigenvalue weighted by Crippen LogP contribution is 2.27. The highest BCUT2D eigenvalue weighted by molar-refractivity contribution is 5.90. The van der Waals surface area contributed by atoms with E-state index in [4.69, 9.17) is 9.47 Å². The number of hydrogen-bond donors (Lipinski definition) is 1. The van der Waals surface area contributed by atoms with Gasteiger partial charge in [0.15, 0.2) is 0 Å². The van der Waals surface area contributed by atoms with Gasteiger partial charge in [0.05, 0.1) is 19.1 Å². The molecule has 3 saturated heterocycles. The van der Waals surface area contributed by atoms with Gasteiger partial charge in [-0.3, -0.25) is 9.78 Å². The van der Waals surface area contributed by atoms with E-state index in [1.807, 2.05) is 47.5 Å². The Labute approximate surface area is 187 Å². The van der Waals surface area contributed by atoms with Crippen molar-refractivity contribution in [3.63, 3.8) is 0 Å². The predicted molar refractivity (Wildman–Crippen MR) is 119 cm³/mol. The van der Waals surface area contributed by atoms with Crippen molar-refractivity contribution in [2.45, 2.75) is 24.9 Å². The zero-order chi connectivity index (χ0) is 21.9. The Morgan fingerprint density at radius 2 is 1.91 bits per heavy atom. The third-order valence-corrected chi connectivity index (χ3v) is 6.47. The first kappa shape index (κ1) is 20.8. The molecule has 3 fully saturated rings. The number of anilines is 1. The van der Waals surface area contributed by atoms with E-state index < -0.39 is 0 Å². The lowest BCUT2D eigenvalue weighted by Crippen LogP contribution is -2.50. The van der Waals surface area contributed by atoms with Gasteiger partial charge in [-0.1, -0.05) is 6.07 Å². The standard InChI is InChI=1S/C24H28N4O4/c29-23(18-8-11-31-16-18)27-10-7-22(15-27)32-21-5-3-20(4-6-21)26-24(30)28-13-19(14-28)17-2-1-9-25-12-17/h1-6,9,12,18-19,22H,7-8,10-11,13-16H2,(H,26,30). The van der Waals surface area contributed by atoms with Crippen molar-refractivity contribution < 1.29 is 19.1 Å². The van der Waals surface area contributed by atoms with E-state index in [1.54, 1.807) is 11.1 Å². The number of ether oxygens (including phenoxy) is 2. The smallest absolute Gasteiger partial charge is 0.321 e. The molecule has 4 heterocycles. The topological polar surface area (TPSA) is 84.0 Å². The maximum absolute atomic E-state index is 12.5. The SMILES string of the molecule is O=C(Nc1ccc(OC2CCN(C(=O)C3CCOC3)C2)cc1)N1CC(c2cccnc2)C1. The molecule has 1 aromatic heterocycles. The third kappa shape index (κ3) is 4.55. The first-order chi connectivity index (χ1) is 15.7. The number of carbonyl (C=O) groups is 2. The second kappa shape index (κ2) is 9.16. The van der Waals surface area contributed by atoms with Crippen LogP contribution in [-0.4, -0.2) is 72.2 Å². The molecule has 168 valence electrons. The van der Waals surface area contributed by atoms with Crippen LogP contribution in [0, 0.1) is 5.92 Å². The number of benzene rings is 1. The number of nitrogens with zero attached hydrogens (tertiary/aromatic N) is 3. The van der Waals surface area contributed by atoms with E-state index in [0.29, 0.717) is 38.8 Å². The Morgan fingerprint density at radius 3 is 2.62 bits per heavy atom. The molecule has 5 rings (SSSR count). The van der Waals surface area contributed by atoms with E-state index in [0.717, 1.165) is 30.8 Å². The average Bonchev–Trinajstić information content (AvgIpc) is 3.47. The molecule has 3 amide bonds. The number of amides is 3. The highest BCUT2D eigenvalue weighted by atomic mass is 16.5. The van der Waals surface area contributed by atoms with Gasteiger partial charge in [-0.2, -0.15) is 0 Å².